The van der Waals surface area contributed by atoms with Crippen molar-refractivity contribution in [2.75, 3.05) is 20.1 Å². The molecule has 4 heteroatoms. The zero-order valence-electron chi connectivity index (χ0n) is 14.3. The highest BCUT2D eigenvalue weighted by Gasteiger charge is 2.22. The summed E-state index contributed by atoms with van der Waals surface area (Å²) in [6.07, 6.45) is 2.84. The van der Waals surface area contributed by atoms with E-state index in [0.29, 0.717) is 12.3 Å². The van der Waals surface area contributed by atoms with Crippen LogP contribution in [0.2, 0.25) is 0 Å². The molecule has 1 N–H and O–H groups in total. The van der Waals surface area contributed by atoms with E-state index in [1.165, 1.54) is 16.5 Å². The minimum atomic E-state index is 0.159. The largest absolute Gasteiger partial charge is 0.460 e. The molecule has 0 unspecified atom stereocenters. The van der Waals surface area contributed by atoms with Crippen LogP contribution in [0.15, 0.2) is 22.6 Å². The van der Waals surface area contributed by atoms with Crippen molar-refractivity contribution in [3.05, 3.63) is 35.1 Å². The summed E-state index contributed by atoms with van der Waals surface area (Å²) in [6, 6.07) is 6.50. The van der Waals surface area contributed by atoms with Crippen LogP contribution in [-0.2, 0) is 11.3 Å². The van der Waals surface area contributed by atoms with Crippen molar-refractivity contribution in [2.45, 2.75) is 39.7 Å². The molecule has 0 bridgehead atoms. The Morgan fingerprint density at radius 3 is 2.61 bits per heavy atom. The third-order valence-corrected chi connectivity index (χ3v) is 5.02. The fraction of sp³-hybridized carbons (Fsp3) is 0.526. The Morgan fingerprint density at radius 2 is 1.91 bits per heavy atom. The monoisotopic (exact) mass is 314 g/mol. The number of carbonyl (C=O) groups excluding carboxylic acids is 1. The second-order valence-corrected chi connectivity index (χ2v) is 6.78. The zero-order valence-corrected chi connectivity index (χ0v) is 14.3. The predicted molar refractivity (Wildman–Crippen MR) is 92.4 cm³/mol. The van der Waals surface area contributed by atoms with Crippen molar-refractivity contribution >= 4 is 16.9 Å². The maximum Gasteiger partial charge on any atom is 0.220 e. The number of nitrogens with one attached hydrogen (secondary N) is 1. The highest BCUT2D eigenvalue weighted by molar-refractivity contribution is 5.79. The number of benzene rings is 1. The number of hydrogen-bond donors (Lipinski definition) is 1. The van der Waals surface area contributed by atoms with Crippen LogP contribution in [0.25, 0.3) is 11.0 Å². The van der Waals surface area contributed by atoms with Gasteiger partial charge in [-0.3, -0.25) is 9.69 Å². The molecule has 1 fully saturated rings. The van der Waals surface area contributed by atoms with Crippen molar-refractivity contribution in [1.29, 1.82) is 0 Å². The summed E-state index contributed by atoms with van der Waals surface area (Å²) < 4.78 is 6.01. The number of amides is 1. The number of likely N-dealkylation sites (tertiary alicyclic amines) is 1. The molecule has 1 aliphatic rings. The Balaban J connectivity index is 1.59. The average molecular weight is 314 g/mol. The summed E-state index contributed by atoms with van der Waals surface area (Å²) in [6.45, 7) is 7.19. The lowest BCUT2D eigenvalue weighted by molar-refractivity contribution is -0.121. The fourth-order valence-corrected chi connectivity index (χ4v) is 3.37. The Kier molecular flexibility index (Phi) is 4.71. The zero-order chi connectivity index (χ0) is 16.4. The number of hydrogen-bond acceptors (Lipinski definition) is 3. The lowest BCUT2D eigenvalue weighted by Gasteiger charge is -2.30. The lowest BCUT2D eigenvalue weighted by Crippen LogP contribution is -2.34. The minimum Gasteiger partial charge on any atom is -0.460 e. The maximum absolute atomic E-state index is 11.5. The molecule has 1 aromatic heterocycles. The van der Waals surface area contributed by atoms with Gasteiger partial charge < -0.3 is 9.73 Å². The quantitative estimate of drug-likeness (QED) is 0.941. The fourth-order valence-electron chi connectivity index (χ4n) is 3.37. The summed E-state index contributed by atoms with van der Waals surface area (Å²) in [7, 11) is 1.71. The van der Waals surface area contributed by atoms with Gasteiger partial charge in [-0.25, -0.2) is 0 Å². The van der Waals surface area contributed by atoms with Crippen LogP contribution in [0, 0.1) is 19.8 Å². The van der Waals surface area contributed by atoms with Crippen LogP contribution in [0.1, 0.15) is 36.1 Å². The maximum atomic E-state index is 11.5. The van der Waals surface area contributed by atoms with Gasteiger partial charge in [-0.15, -0.1) is 0 Å². The third-order valence-electron chi connectivity index (χ3n) is 5.02. The van der Waals surface area contributed by atoms with Gasteiger partial charge in [0.05, 0.1) is 6.54 Å². The highest BCUT2D eigenvalue weighted by Crippen LogP contribution is 2.26. The van der Waals surface area contributed by atoms with Crippen molar-refractivity contribution in [2.24, 2.45) is 5.92 Å². The molecular weight excluding hydrogens is 288 g/mol. The molecule has 0 saturated carbocycles. The number of furan rings is 1. The van der Waals surface area contributed by atoms with Gasteiger partial charge in [0.25, 0.3) is 0 Å². The van der Waals surface area contributed by atoms with Gasteiger partial charge >= 0.3 is 0 Å². The number of carbonyl (C=O) groups is 1. The summed E-state index contributed by atoms with van der Waals surface area (Å²) in [5, 5.41) is 3.91. The molecule has 0 atom stereocenters. The Bertz CT molecular complexity index is 658. The summed E-state index contributed by atoms with van der Waals surface area (Å²) in [5.41, 5.74) is 3.56. The average Bonchev–Trinajstić information content (AvgIpc) is 2.90. The Morgan fingerprint density at radius 1 is 1.22 bits per heavy atom. The van der Waals surface area contributed by atoms with Gasteiger partial charge in [-0.05, 0) is 75.0 Å². The molecular formula is C19H26N2O2. The number of piperidine rings is 1. The highest BCUT2D eigenvalue weighted by atomic mass is 16.3. The summed E-state index contributed by atoms with van der Waals surface area (Å²) in [4.78, 5) is 13.9. The normalized spacial score (nSPS) is 16.8. The van der Waals surface area contributed by atoms with E-state index in [1.807, 2.05) is 0 Å². The number of rotatable bonds is 4. The number of aryl methyl sites for hydroxylation is 2. The van der Waals surface area contributed by atoms with Crippen LogP contribution < -0.4 is 5.32 Å². The van der Waals surface area contributed by atoms with E-state index < -0.39 is 0 Å². The first-order valence-electron chi connectivity index (χ1n) is 8.47. The summed E-state index contributed by atoms with van der Waals surface area (Å²) in [5.74, 6) is 1.72. The predicted octanol–water partition coefficient (Wildman–Crippen LogP) is 3.40. The number of nitrogens with zero attached hydrogens (tertiary/aromatic N) is 1. The van der Waals surface area contributed by atoms with Crippen LogP contribution in [0.5, 0.6) is 0 Å². The molecule has 3 rings (SSSR count). The smallest absolute Gasteiger partial charge is 0.220 e. The van der Waals surface area contributed by atoms with Gasteiger partial charge in [0.15, 0.2) is 0 Å². The molecule has 1 saturated heterocycles. The SMILES string of the molecule is CNC(=O)CC1CCN(Cc2cc3cc(C)c(C)cc3o2)CC1. The van der Waals surface area contributed by atoms with E-state index in [2.05, 4.69) is 42.3 Å². The van der Waals surface area contributed by atoms with Gasteiger partial charge in [-0.1, -0.05) is 0 Å². The van der Waals surface area contributed by atoms with Gasteiger partial charge in [0.2, 0.25) is 5.91 Å². The molecule has 2 heterocycles. The van der Waals surface area contributed by atoms with Gasteiger partial charge in [0, 0.05) is 18.9 Å². The molecule has 1 aromatic carbocycles. The van der Waals surface area contributed by atoms with Crippen molar-refractivity contribution in [1.82, 2.24) is 10.2 Å². The van der Waals surface area contributed by atoms with E-state index in [4.69, 9.17) is 4.42 Å². The Hall–Kier alpha value is -1.81. The summed E-state index contributed by atoms with van der Waals surface area (Å²) >= 11 is 0. The van der Waals surface area contributed by atoms with E-state index in [-0.39, 0.29) is 5.91 Å². The van der Waals surface area contributed by atoms with Crippen LogP contribution >= 0.6 is 0 Å². The molecule has 0 radical (unpaired) electrons. The minimum absolute atomic E-state index is 0.159. The Labute approximate surface area is 137 Å². The first kappa shape index (κ1) is 16.1. The van der Waals surface area contributed by atoms with Gasteiger partial charge in [-0.2, -0.15) is 0 Å². The van der Waals surface area contributed by atoms with Gasteiger partial charge in [0.1, 0.15) is 11.3 Å². The van der Waals surface area contributed by atoms with Crippen LogP contribution in [0.4, 0.5) is 0 Å². The second-order valence-electron chi connectivity index (χ2n) is 6.78. The lowest BCUT2D eigenvalue weighted by atomic mass is 9.93. The first-order chi connectivity index (χ1) is 11.0. The number of fused-ring (bicyclic) bond motifs is 1. The molecule has 0 spiro atoms. The van der Waals surface area contributed by atoms with E-state index >= 15 is 0 Å². The van der Waals surface area contributed by atoms with Crippen molar-refractivity contribution < 1.29 is 9.21 Å². The molecule has 4 nitrogen and oxygen atoms in total. The standard InChI is InChI=1S/C19H26N2O2/c1-13-8-16-11-17(23-18(16)9-14(13)2)12-21-6-4-15(5-7-21)10-19(22)20-3/h8-9,11,15H,4-7,10,12H2,1-3H3,(H,20,22). The van der Waals surface area contributed by atoms with E-state index in [9.17, 15) is 4.79 Å². The van der Waals surface area contributed by atoms with E-state index in [0.717, 1.165) is 43.8 Å². The topological polar surface area (TPSA) is 45.5 Å². The van der Waals surface area contributed by atoms with Crippen LogP contribution in [0.3, 0.4) is 0 Å². The second kappa shape index (κ2) is 6.75. The van der Waals surface area contributed by atoms with Crippen LogP contribution in [-0.4, -0.2) is 30.9 Å². The molecule has 0 aliphatic carbocycles. The molecule has 1 amide bonds. The first-order valence-corrected chi connectivity index (χ1v) is 8.47. The molecule has 1 aliphatic heterocycles. The molecule has 2 aromatic rings. The molecule has 124 valence electrons. The van der Waals surface area contributed by atoms with E-state index in [1.54, 1.807) is 7.05 Å². The third kappa shape index (κ3) is 3.75. The van der Waals surface area contributed by atoms with Crippen molar-refractivity contribution in [3.63, 3.8) is 0 Å². The molecule has 23 heavy (non-hydrogen) atoms. The van der Waals surface area contributed by atoms with Crippen molar-refractivity contribution in [3.8, 4) is 0 Å².